The van der Waals surface area contributed by atoms with Gasteiger partial charge in [-0.1, -0.05) is 0 Å². The number of rotatable bonds is 5. The molecule has 0 unspecified atom stereocenters. The maximum absolute atomic E-state index is 12.3. The smallest absolute Gasteiger partial charge is 0.387 e. The summed E-state index contributed by atoms with van der Waals surface area (Å²) >= 11 is 3.99. The quantitative estimate of drug-likeness (QED) is 0.668. The third-order valence-corrected chi connectivity index (χ3v) is 2.53. The zero-order valence-corrected chi connectivity index (χ0v) is 10.9. The number of alkyl halides is 2. The second kappa shape index (κ2) is 6.95. The van der Waals surface area contributed by atoms with Gasteiger partial charge < -0.3 is 9.47 Å². The molecule has 19 heavy (non-hydrogen) atoms. The fourth-order valence-electron chi connectivity index (χ4n) is 1.41. The van der Waals surface area contributed by atoms with E-state index in [0.29, 0.717) is 0 Å². The van der Waals surface area contributed by atoms with Crippen molar-refractivity contribution in [1.29, 1.82) is 5.26 Å². The first-order valence-corrected chi connectivity index (χ1v) is 5.79. The molecule has 0 spiro atoms. The summed E-state index contributed by atoms with van der Waals surface area (Å²) in [7, 11) is 0. The molecule has 0 saturated carbocycles. The molecular weight excluding hydrogens is 276 g/mol. The lowest BCUT2D eigenvalue weighted by molar-refractivity contribution is -0.142. The third-order valence-electron chi connectivity index (χ3n) is 2.16. The number of esters is 1. The normalized spacial score (nSPS) is 10.1. The Morgan fingerprint density at radius 3 is 2.74 bits per heavy atom. The fourth-order valence-corrected chi connectivity index (χ4v) is 1.65. The van der Waals surface area contributed by atoms with E-state index in [1.165, 1.54) is 12.1 Å². The van der Waals surface area contributed by atoms with Crippen LogP contribution in [-0.4, -0.2) is 19.2 Å². The highest BCUT2D eigenvalue weighted by Crippen LogP contribution is 2.28. The van der Waals surface area contributed by atoms with Crippen LogP contribution in [0.2, 0.25) is 0 Å². The lowest BCUT2D eigenvalue weighted by Gasteiger charge is -2.12. The van der Waals surface area contributed by atoms with Crippen molar-refractivity contribution in [2.24, 2.45) is 0 Å². The van der Waals surface area contributed by atoms with Gasteiger partial charge in [0.25, 0.3) is 0 Å². The number of thiol groups is 1. The molecule has 0 N–H and O–H groups in total. The Morgan fingerprint density at radius 1 is 1.53 bits per heavy atom. The number of ether oxygens (including phenoxy) is 2. The number of nitrogens with zero attached hydrogens (tertiary/aromatic N) is 1. The molecule has 7 heteroatoms. The van der Waals surface area contributed by atoms with E-state index in [0.717, 1.165) is 0 Å². The van der Waals surface area contributed by atoms with Crippen LogP contribution in [0.1, 0.15) is 18.1 Å². The second-order valence-corrected chi connectivity index (χ2v) is 3.93. The van der Waals surface area contributed by atoms with Crippen molar-refractivity contribution >= 4 is 18.6 Å². The monoisotopic (exact) mass is 287 g/mol. The minimum atomic E-state index is -3.03. The molecule has 0 fully saturated rings. The first-order valence-electron chi connectivity index (χ1n) is 5.34. The highest BCUT2D eigenvalue weighted by Gasteiger charge is 2.16. The van der Waals surface area contributed by atoms with Gasteiger partial charge in [0.1, 0.15) is 11.8 Å². The molecule has 0 saturated heterocycles. The van der Waals surface area contributed by atoms with Gasteiger partial charge in [0, 0.05) is 10.5 Å². The topological polar surface area (TPSA) is 59.3 Å². The van der Waals surface area contributed by atoms with Gasteiger partial charge in [-0.2, -0.15) is 14.0 Å². The van der Waals surface area contributed by atoms with Crippen molar-refractivity contribution in [2.75, 3.05) is 6.61 Å². The standard InChI is InChI=1S/C12H11F2NO3S/c1-2-17-11(16)4-7-3-8(6-15)10(19)5-9(7)18-12(13)14/h3,5,12,19H,2,4H2,1H3. The van der Waals surface area contributed by atoms with Crippen LogP contribution in [0.25, 0.3) is 0 Å². The SMILES string of the molecule is CCOC(=O)Cc1cc(C#N)c(S)cc1OC(F)F. The van der Waals surface area contributed by atoms with E-state index in [9.17, 15) is 13.6 Å². The van der Waals surface area contributed by atoms with Crippen molar-refractivity contribution in [3.63, 3.8) is 0 Å². The van der Waals surface area contributed by atoms with E-state index in [1.54, 1.807) is 6.92 Å². The van der Waals surface area contributed by atoms with Crippen LogP contribution in [0.15, 0.2) is 17.0 Å². The Hall–Kier alpha value is -1.81. The summed E-state index contributed by atoms with van der Waals surface area (Å²) in [5, 5.41) is 8.85. The number of nitriles is 1. The first-order chi connectivity index (χ1) is 8.97. The van der Waals surface area contributed by atoms with Gasteiger partial charge in [0.05, 0.1) is 18.6 Å². The Kier molecular flexibility index (Phi) is 5.57. The molecular formula is C12H11F2NO3S. The fraction of sp³-hybridized carbons (Fsp3) is 0.333. The van der Waals surface area contributed by atoms with E-state index >= 15 is 0 Å². The van der Waals surface area contributed by atoms with Gasteiger partial charge in [0.15, 0.2) is 0 Å². The Bertz CT molecular complexity index is 514. The van der Waals surface area contributed by atoms with Crippen LogP contribution in [0.5, 0.6) is 5.75 Å². The average Bonchev–Trinajstić information content (AvgIpc) is 2.32. The molecule has 0 bridgehead atoms. The predicted molar refractivity (Wildman–Crippen MR) is 65.4 cm³/mol. The number of halogens is 2. The molecule has 0 aromatic heterocycles. The number of hydrogen-bond donors (Lipinski definition) is 1. The van der Waals surface area contributed by atoms with Crippen molar-refractivity contribution in [3.8, 4) is 11.8 Å². The van der Waals surface area contributed by atoms with E-state index < -0.39 is 12.6 Å². The Morgan fingerprint density at radius 2 is 2.21 bits per heavy atom. The van der Waals surface area contributed by atoms with Gasteiger partial charge in [-0.15, -0.1) is 12.6 Å². The zero-order valence-electron chi connectivity index (χ0n) is 10.0. The second-order valence-electron chi connectivity index (χ2n) is 3.45. The Labute approximate surface area is 114 Å². The zero-order chi connectivity index (χ0) is 14.4. The van der Waals surface area contributed by atoms with Crippen LogP contribution in [-0.2, 0) is 16.0 Å². The van der Waals surface area contributed by atoms with Crippen molar-refractivity contribution < 1.29 is 23.0 Å². The van der Waals surface area contributed by atoms with E-state index in [2.05, 4.69) is 17.4 Å². The molecule has 0 aliphatic carbocycles. The maximum atomic E-state index is 12.3. The molecule has 0 atom stereocenters. The molecule has 0 radical (unpaired) electrons. The van der Waals surface area contributed by atoms with Crippen molar-refractivity contribution in [2.45, 2.75) is 24.9 Å². The number of carbonyl (C=O) groups excluding carboxylic acids is 1. The van der Waals surface area contributed by atoms with Gasteiger partial charge in [0.2, 0.25) is 0 Å². The minimum Gasteiger partial charge on any atom is -0.466 e. The number of hydrogen-bond acceptors (Lipinski definition) is 5. The first kappa shape index (κ1) is 15.2. The molecule has 0 aliphatic rings. The van der Waals surface area contributed by atoms with Crippen LogP contribution >= 0.6 is 12.6 Å². The van der Waals surface area contributed by atoms with Crippen molar-refractivity contribution in [1.82, 2.24) is 0 Å². The van der Waals surface area contributed by atoms with Crippen LogP contribution in [0, 0.1) is 11.3 Å². The molecule has 0 heterocycles. The summed E-state index contributed by atoms with van der Waals surface area (Å²) in [4.78, 5) is 11.6. The summed E-state index contributed by atoms with van der Waals surface area (Å²) in [6.45, 7) is -1.22. The van der Waals surface area contributed by atoms with E-state index in [-0.39, 0.29) is 34.8 Å². The van der Waals surface area contributed by atoms with E-state index in [4.69, 9.17) is 10.00 Å². The molecule has 1 aromatic carbocycles. The lowest BCUT2D eigenvalue weighted by atomic mass is 10.1. The molecule has 4 nitrogen and oxygen atoms in total. The van der Waals surface area contributed by atoms with E-state index in [1.807, 2.05) is 6.07 Å². The minimum absolute atomic E-state index is 0.160. The number of carbonyl (C=O) groups is 1. The van der Waals surface area contributed by atoms with Gasteiger partial charge in [-0.3, -0.25) is 4.79 Å². The highest BCUT2D eigenvalue weighted by atomic mass is 32.1. The lowest BCUT2D eigenvalue weighted by Crippen LogP contribution is -2.11. The summed E-state index contributed by atoms with van der Waals surface area (Å²) in [6.07, 6.45) is -0.251. The van der Waals surface area contributed by atoms with Crippen LogP contribution in [0.4, 0.5) is 8.78 Å². The summed E-state index contributed by atoms with van der Waals surface area (Å²) in [5.41, 5.74) is 0.331. The maximum Gasteiger partial charge on any atom is 0.387 e. The van der Waals surface area contributed by atoms with Crippen molar-refractivity contribution in [3.05, 3.63) is 23.3 Å². The summed E-state index contributed by atoms with van der Waals surface area (Å²) in [6, 6.07) is 4.32. The largest absolute Gasteiger partial charge is 0.466 e. The average molecular weight is 287 g/mol. The summed E-state index contributed by atoms with van der Waals surface area (Å²) in [5.74, 6) is -0.774. The molecule has 1 rings (SSSR count). The van der Waals surface area contributed by atoms with Gasteiger partial charge in [-0.25, -0.2) is 0 Å². The third kappa shape index (κ3) is 4.41. The molecule has 102 valence electrons. The highest BCUT2D eigenvalue weighted by molar-refractivity contribution is 7.80. The predicted octanol–water partition coefficient (Wildman–Crippen LogP) is 2.55. The Balaban J connectivity index is 3.10. The van der Waals surface area contributed by atoms with Gasteiger partial charge >= 0.3 is 12.6 Å². The molecule has 0 amide bonds. The van der Waals surface area contributed by atoms with Crippen LogP contribution in [0.3, 0.4) is 0 Å². The molecule has 1 aromatic rings. The van der Waals surface area contributed by atoms with Gasteiger partial charge in [-0.05, 0) is 19.1 Å². The molecule has 0 aliphatic heterocycles. The summed E-state index contributed by atoms with van der Waals surface area (Å²) < 4.78 is 33.6. The van der Waals surface area contributed by atoms with Crippen LogP contribution < -0.4 is 4.74 Å². The number of benzene rings is 1.